The van der Waals surface area contributed by atoms with E-state index in [1.54, 1.807) is 6.92 Å². The first-order valence-corrected chi connectivity index (χ1v) is 8.72. The summed E-state index contributed by atoms with van der Waals surface area (Å²) in [4.78, 5) is 10.1. The van der Waals surface area contributed by atoms with Gasteiger partial charge in [-0.05, 0) is 31.5 Å². The first-order chi connectivity index (χ1) is 12.7. The molecule has 0 bridgehead atoms. The molecule has 2 rings (SSSR count). The van der Waals surface area contributed by atoms with E-state index in [1.807, 2.05) is 25.1 Å². The maximum atomic E-state index is 13.1. The van der Waals surface area contributed by atoms with E-state index >= 15 is 0 Å². The van der Waals surface area contributed by atoms with Crippen molar-refractivity contribution in [3.05, 3.63) is 68.7 Å². The monoisotopic (exact) mass is 442 g/mol. The van der Waals surface area contributed by atoms with E-state index in [0.717, 1.165) is 29.0 Å². The molecule has 0 saturated carbocycles. The van der Waals surface area contributed by atoms with Gasteiger partial charge in [-0.1, -0.05) is 50.5 Å². The predicted molar refractivity (Wildman–Crippen MR) is 102 cm³/mol. The van der Waals surface area contributed by atoms with Crippen molar-refractivity contribution in [3.63, 3.8) is 0 Å². The van der Waals surface area contributed by atoms with Crippen LogP contribution in [0.15, 0.2) is 51.2 Å². The molecule has 2 aromatic carbocycles. The van der Waals surface area contributed by atoms with Gasteiger partial charge in [0, 0.05) is 21.2 Å². The molecular formula is C19H18BrF3N2O2. The molecule has 8 heteroatoms. The smallest absolute Gasteiger partial charge is 0.399 e. The van der Waals surface area contributed by atoms with E-state index in [9.17, 15) is 13.2 Å². The second-order valence-electron chi connectivity index (χ2n) is 5.70. The normalized spacial score (nSPS) is 12.5. The molecule has 0 saturated heterocycles. The second kappa shape index (κ2) is 9.03. The molecule has 0 aromatic heterocycles. The third-order valence-electron chi connectivity index (χ3n) is 3.82. The average molecular weight is 443 g/mol. The zero-order valence-electron chi connectivity index (χ0n) is 15.0. The summed E-state index contributed by atoms with van der Waals surface area (Å²) in [6, 6.07) is 9.50. The van der Waals surface area contributed by atoms with Crippen LogP contribution in [0.2, 0.25) is 0 Å². The minimum Gasteiger partial charge on any atom is -0.399 e. The van der Waals surface area contributed by atoms with Crippen molar-refractivity contribution < 1.29 is 22.8 Å². The Labute approximate surface area is 163 Å². The van der Waals surface area contributed by atoms with E-state index in [4.69, 9.17) is 9.68 Å². The van der Waals surface area contributed by atoms with Crippen LogP contribution in [0, 0.1) is 6.92 Å². The fourth-order valence-corrected chi connectivity index (χ4v) is 2.86. The molecule has 0 aliphatic heterocycles. The molecule has 0 fully saturated rings. The van der Waals surface area contributed by atoms with E-state index in [0.29, 0.717) is 10.2 Å². The van der Waals surface area contributed by atoms with Gasteiger partial charge in [0.15, 0.2) is 0 Å². The predicted octanol–water partition coefficient (Wildman–Crippen LogP) is 5.70. The highest BCUT2D eigenvalue weighted by Gasteiger charge is 2.33. The Morgan fingerprint density at radius 1 is 1.22 bits per heavy atom. The molecule has 0 N–H and O–H groups in total. The van der Waals surface area contributed by atoms with Crippen molar-refractivity contribution in [3.8, 4) is 0 Å². The number of oxime groups is 2. The molecule has 0 heterocycles. The largest absolute Gasteiger partial charge is 0.417 e. The first kappa shape index (κ1) is 21.0. The highest BCUT2D eigenvalue weighted by atomic mass is 79.9. The van der Waals surface area contributed by atoms with Crippen molar-refractivity contribution in [2.45, 2.75) is 26.6 Å². The maximum absolute atomic E-state index is 13.1. The average Bonchev–Trinajstić information content (AvgIpc) is 2.60. The molecule has 4 nitrogen and oxygen atoms in total. The van der Waals surface area contributed by atoms with Crippen LogP contribution in [-0.2, 0) is 22.5 Å². The highest BCUT2D eigenvalue weighted by Crippen LogP contribution is 2.33. The summed E-state index contributed by atoms with van der Waals surface area (Å²) in [5.41, 5.74) is 2.41. The SMILES string of the molecule is CO/N=C(/C)c1cccc(C)c1CO/N=C/c1ccc(Br)cc1C(F)(F)F. The zero-order valence-corrected chi connectivity index (χ0v) is 16.6. The lowest BCUT2D eigenvalue weighted by molar-refractivity contribution is -0.137. The Morgan fingerprint density at radius 2 is 1.96 bits per heavy atom. The van der Waals surface area contributed by atoms with E-state index in [-0.39, 0.29) is 12.2 Å². The Bertz CT molecular complexity index is 865. The minimum absolute atomic E-state index is 0.0761. The zero-order chi connectivity index (χ0) is 20.0. The summed E-state index contributed by atoms with van der Waals surface area (Å²) in [5, 5.41) is 7.63. The molecule has 0 aliphatic rings. The van der Waals surface area contributed by atoms with Gasteiger partial charge in [0.1, 0.15) is 13.7 Å². The molecular weight excluding hydrogens is 425 g/mol. The second-order valence-corrected chi connectivity index (χ2v) is 6.61. The summed E-state index contributed by atoms with van der Waals surface area (Å²) >= 11 is 3.05. The van der Waals surface area contributed by atoms with Gasteiger partial charge in [-0.15, -0.1) is 0 Å². The molecule has 144 valence electrons. The van der Waals surface area contributed by atoms with Crippen LogP contribution in [0.5, 0.6) is 0 Å². The van der Waals surface area contributed by atoms with Crippen LogP contribution in [0.25, 0.3) is 0 Å². The molecule has 27 heavy (non-hydrogen) atoms. The first-order valence-electron chi connectivity index (χ1n) is 7.92. The summed E-state index contributed by atoms with van der Waals surface area (Å²) in [6.07, 6.45) is -3.43. The Morgan fingerprint density at radius 3 is 2.63 bits per heavy atom. The van der Waals surface area contributed by atoms with Crippen LogP contribution >= 0.6 is 15.9 Å². The van der Waals surface area contributed by atoms with E-state index in [2.05, 4.69) is 26.2 Å². The molecule has 2 aromatic rings. The Balaban J connectivity index is 2.20. The summed E-state index contributed by atoms with van der Waals surface area (Å²) < 4.78 is 39.7. The van der Waals surface area contributed by atoms with Gasteiger partial charge in [0.05, 0.1) is 17.5 Å². The van der Waals surface area contributed by atoms with Crippen LogP contribution in [0.4, 0.5) is 13.2 Å². The van der Waals surface area contributed by atoms with Crippen LogP contribution in [-0.4, -0.2) is 19.0 Å². The number of halogens is 4. The number of hydrogen-bond donors (Lipinski definition) is 0. The fraction of sp³-hybridized carbons (Fsp3) is 0.263. The minimum atomic E-state index is -4.48. The number of rotatable bonds is 6. The van der Waals surface area contributed by atoms with Gasteiger partial charge >= 0.3 is 6.18 Å². The van der Waals surface area contributed by atoms with Gasteiger partial charge in [-0.2, -0.15) is 13.2 Å². The standard InChI is InChI=1S/C19H18BrF3N2O2/c1-12-5-4-6-16(13(2)25-26-3)17(12)11-27-24-10-14-7-8-15(20)9-18(14)19(21,22)23/h4-10H,11H2,1-3H3/b24-10+,25-13-. The Kier molecular flexibility index (Phi) is 7.01. The number of hydrogen-bond acceptors (Lipinski definition) is 4. The lowest BCUT2D eigenvalue weighted by atomic mass is 10.00. The molecule has 0 aliphatic carbocycles. The Hall–Kier alpha value is -2.35. The van der Waals surface area contributed by atoms with E-state index in [1.165, 1.54) is 19.2 Å². The van der Waals surface area contributed by atoms with Crippen molar-refractivity contribution >= 4 is 27.9 Å². The number of aryl methyl sites for hydroxylation is 1. The van der Waals surface area contributed by atoms with Gasteiger partial charge in [0.25, 0.3) is 0 Å². The van der Waals surface area contributed by atoms with Crippen molar-refractivity contribution in [1.29, 1.82) is 0 Å². The van der Waals surface area contributed by atoms with Crippen molar-refractivity contribution in [2.24, 2.45) is 10.3 Å². The molecule has 0 amide bonds. The molecule has 0 atom stereocenters. The molecule has 0 spiro atoms. The number of alkyl halides is 3. The van der Waals surface area contributed by atoms with Crippen molar-refractivity contribution in [2.75, 3.05) is 7.11 Å². The van der Waals surface area contributed by atoms with Crippen LogP contribution in [0.3, 0.4) is 0 Å². The maximum Gasteiger partial charge on any atom is 0.417 e. The van der Waals surface area contributed by atoms with Crippen LogP contribution < -0.4 is 0 Å². The topological polar surface area (TPSA) is 43.2 Å². The number of nitrogens with zero attached hydrogens (tertiary/aromatic N) is 2. The number of benzene rings is 2. The third-order valence-corrected chi connectivity index (χ3v) is 4.32. The third kappa shape index (κ3) is 5.56. The van der Waals surface area contributed by atoms with Gasteiger partial charge < -0.3 is 9.68 Å². The summed E-state index contributed by atoms with van der Waals surface area (Å²) in [7, 11) is 1.45. The summed E-state index contributed by atoms with van der Waals surface area (Å²) in [5.74, 6) is 0. The van der Waals surface area contributed by atoms with Gasteiger partial charge in [0.2, 0.25) is 0 Å². The lowest BCUT2D eigenvalue weighted by Gasteiger charge is -2.12. The van der Waals surface area contributed by atoms with Crippen molar-refractivity contribution in [1.82, 2.24) is 0 Å². The fourth-order valence-electron chi connectivity index (χ4n) is 2.50. The highest BCUT2D eigenvalue weighted by molar-refractivity contribution is 9.10. The molecule has 0 radical (unpaired) electrons. The lowest BCUT2D eigenvalue weighted by Crippen LogP contribution is -2.09. The summed E-state index contributed by atoms with van der Waals surface area (Å²) in [6.45, 7) is 3.79. The van der Waals surface area contributed by atoms with Gasteiger partial charge in [-0.25, -0.2) is 0 Å². The van der Waals surface area contributed by atoms with Gasteiger partial charge in [-0.3, -0.25) is 0 Å². The van der Waals surface area contributed by atoms with Crippen LogP contribution in [0.1, 0.15) is 34.7 Å². The molecule has 0 unspecified atom stereocenters. The van der Waals surface area contributed by atoms with E-state index < -0.39 is 11.7 Å². The quantitative estimate of drug-likeness (QED) is 0.425.